The van der Waals surface area contributed by atoms with Crippen LogP contribution in [0.3, 0.4) is 0 Å². The van der Waals surface area contributed by atoms with Crippen molar-refractivity contribution in [2.45, 2.75) is 18.4 Å². The van der Waals surface area contributed by atoms with Gasteiger partial charge in [-0.3, -0.25) is 4.79 Å². The molecule has 2 aromatic rings. The van der Waals surface area contributed by atoms with Gasteiger partial charge < -0.3 is 10.3 Å². The van der Waals surface area contributed by atoms with E-state index in [1.165, 1.54) is 16.5 Å². The Hall–Kier alpha value is -1.68. The van der Waals surface area contributed by atoms with Gasteiger partial charge in [-0.1, -0.05) is 17.7 Å². The fourth-order valence-corrected chi connectivity index (χ4v) is 2.47. The Morgan fingerprint density at radius 1 is 1.17 bits per heavy atom. The van der Waals surface area contributed by atoms with Crippen molar-refractivity contribution in [3.63, 3.8) is 0 Å². The maximum absolute atomic E-state index is 11.6. The maximum atomic E-state index is 11.6. The highest BCUT2D eigenvalue weighted by Crippen LogP contribution is 2.18. The minimum atomic E-state index is -0.00583. The number of nitrogen functional groups attached to an aromatic ring is 1. The molecule has 0 aliphatic carbocycles. The van der Waals surface area contributed by atoms with Crippen molar-refractivity contribution >= 4 is 17.4 Å². The van der Waals surface area contributed by atoms with E-state index in [9.17, 15) is 4.79 Å². The molecule has 3 nitrogen and oxygen atoms in total. The first-order valence-electron chi connectivity index (χ1n) is 5.80. The van der Waals surface area contributed by atoms with Crippen molar-refractivity contribution in [1.82, 2.24) is 4.57 Å². The molecule has 1 heterocycles. The topological polar surface area (TPSA) is 48.0 Å². The minimum Gasteiger partial charge on any atom is -0.398 e. The second-order valence-corrected chi connectivity index (χ2v) is 5.32. The molecule has 1 aromatic carbocycles. The fraction of sp³-hybridized carbons (Fsp3) is 0.214. The first kappa shape index (κ1) is 12.8. The van der Waals surface area contributed by atoms with Crippen LogP contribution in [-0.2, 0) is 6.54 Å². The average molecular weight is 260 g/mol. The summed E-state index contributed by atoms with van der Waals surface area (Å²) < 4.78 is 1.65. The first-order valence-corrected chi connectivity index (χ1v) is 6.79. The van der Waals surface area contributed by atoms with Crippen LogP contribution in [0.15, 0.2) is 52.3 Å². The molecule has 18 heavy (non-hydrogen) atoms. The number of aryl methyl sites for hydroxylation is 2. The molecule has 0 aliphatic rings. The Kier molecular flexibility index (Phi) is 4.10. The number of nitrogens with two attached hydrogens (primary N) is 1. The van der Waals surface area contributed by atoms with Crippen molar-refractivity contribution in [2.24, 2.45) is 0 Å². The average Bonchev–Trinajstić information content (AvgIpc) is 2.36. The summed E-state index contributed by atoms with van der Waals surface area (Å²) >= 11 is 1.74. The van der Waals surface area contributed by atoms with E-state index < -0.39 is 0 Å². The lowest BCUT2D eigenvalue weighted by molar-refractivity contribution is 0.737. The van der Waals surface area contributed by atoms with Gasteiger partial charge in [0.15, 0.2) is 0 Å². The molecule has 94 valence electrons. The minimum absolute atomic E-state index is 0.00583. The number of nitrogens with zero attached hydrogens (tertiary/aromatic N) is 1. The number of hydrogen-bond donors (Lipinski definition) is 1. The normalized spacial score (nSPS) is 10.5. The van der Waals surface area contributed by atoms with E-state index in [2.05, 4.69) is 31.2 Å². The quantitative estimate of drug-likeness (QED) is 0.859. The van der Waals surface area contributed by atoms with E-state index in [0.29, 0.717) is 12.2 Å². The Morgan fingerprint density at radius 2 is 1.89 bits per heavy atom. The van der Waals surface area contributed by atoms with Crippen molar-refractivity contribution in [3.05, 3.63) is 58.5 Å². The lowest BCUT2D eigenvalue weighted by atomic mass is 10.2. The molecule has 2 rings (SSSR count). The van der Waals surface area contributed by atoms with E-state index in [-0.39, 0.29) is 5.56 Å². The van der Waals surface area contributed by atoms with E-state index in [1.54, 1.807) is 28.6 Å². The van der Waals surface area contributed by atoms with Gasteiger partial charge in [0.1, 0.15) is 0 Å². The van der Waals surface area contributed by atoms with Gasteiger partial charge in [0.05, 0.1) is 0 Å². The molecule has 0 spiro atoms. The third-order valence-electron chi connectivity index (χ3n) is 2.63. The van der Waals surface area contributed by atoms with Gasteiger partial charge in [0.2, 0.25) is 0 Å². The van der Waals surface area contributed by atoms with Crippen LogP contribution in [0, 0.1) is 6.92 Å². The molecule has 0 bridgehead atoms. The first-order chi connectivity index (χ1) is 8.65. The summed E-state index contributed by atoms with van der Waals surface area (Å²) in [6.07, 6.45) is 1.69. The summed E-state index contributed by atoms with van der Waals surface area (Å²) in [7, 11) is 0. The van der Waals surface area contributed by atoms with Crippen LogP contribution in [0.2, 0.25) is 0 Å². The largest absolute Gasteiger partial charge is 0.398 e. The van der Waals surface area contributed by atoms with Crippen LogP contribution in [0.1, 0.15) is 5.56 Å². The maximum Gasteiger partial charge on any atom is 0.250 e. The number of hydrogen-bond acceptors (Lipinski definition) is 3. The van der Waals surface area contributed by atoms with Gasteiger partial charge >= 0.3 is 0 Å². The Labute approximate surface area is 111 Å². The third kappa shape index (κ3) is 3.40. The zero-order chi connectivity index (χ0) is 13.0. The summed E-state index contributed by atoms with van der Waals surface area (Å²) in [5.41, 5.74) is 7.53. The van der Waals surface area contributed by atoms with Crippen LogP contribution in [0.5, 0.6) is 0 Å². The molecule has 0 amide bonds. The molecule has 0 radical (unpaired) electrons. The number of aromatic nitrogens is 1. The number of thioether (sulfide) groups is 1. The fourth-order valence-electron chi connectivity index (χ4n) is 1.62. The molecule has 0 fully saturated rings. The number of pyridine rings is 1. The van der Waals surface area contributed by atoms with Gasteiger partial charge in [-0.05, 0) is 25.1 Å². The summed E-state index contributed by atoms with van der Waals surface area (Å²) in [4.78, 5) is 12.8. The van der Waals surface area contributed by atoms with Crippen LogP contribution >= 0.6 is 11.8 Å². The highest BCUT2D eigenvalue weighted by molar-refractivity contribution is 7.99. The SMILES string of the molecule is Cc1ccc(SCCn2cc(N)ccc2=O)cc1. The lowest BCUT2D eigenvalue weighted by Crippen LogP contribution is -2.19. The Morgan fingerprint density at radius 3 is 2.61 bits per heavy atom. The standard InChI is InChI=1S/C14H16N2OS/c1-11-2-5-13(6-3-11)18-9-8-16-10-12(15)4-7-14(16)17/h2-7,10H,8-9,15H2,1H3. The second kappa shape index (κ2) is 5.78. The smallest absolute Gasteiger partial charge is 0.250 e. The van der Waals surface area contributed by atoms with Crippen LogP contribution < -0.4 is 11.3 Å². The predicted octanol–water partition coefficient (Wildman–Crippen LogP) is 2.53. The molecular formula is C14H16N2OS. The number of anilines is 1. The molecule has 4 heteroatoms. The zero-order valence-corrected chi connectivity index (χ0v) is 11.1. The van der Waals surface area contributed by atoms with E-state index in [4.69, 9.17) is 5.73 Å². The molecule has 0 atom stereocenters. The van der Waals surface area contributed by atoms with Gasteiger partial charge in [-0.15, -0.1) is 11.8 Å². The summed E-state index contributed by atoms with van der Waals surface area (Å²) in [6, 6.07) is 11.5. The monoisotopic (exact) mass is 260 g/mol. The van der Waals surface area contributed by atoms with Gasteiger partial charge in [-0.2, -0.15) is 0 Å². The van der Waals surface area contributed by atoms with E-state index in [1.807, 2.05) is 0 Å². The molecule has 0 saturated heterocycles. The summed E-state index contributed by atoms with van der Waals surface area (Å²) in [6.45, 7) is 2.74. The Bertz CT molecular complexity index is 575. The van der Waals surface area contributed by atoms with Crippen molar-refractivity contribution in [1.29, 1.82) is 0 Å². The number of rotatable bonds is 4. The zero-order valence-electron chi connectivity index (χ0n) is 10.3. The summed E-state index contributed by atoms with van der Waals surface area (Å²) in [5, 5.41) is 0. The molecule has 2 N–H and O–H groups in total. The Balaban J connectivity index is 1.94. The van der Waals surface area contributed by atoms with Crippen molar-refractivity contribution < 1.29 is 0 Å². The summed E-state index contributed by atoms with van der Waals surface area (Å²) in [5.74, 6) is 0.854. The third-order valence-corrected chi connectivity index (χ3v) is 3.62. The molecule has 1 aromatic heterocycles. The predicted molar refractivity (Wildman–Crippen MR) is 77.0 cm³/mol. The number of benzene rings is 1. The molecular weight excluding hydrogens is 244 g/mol. The molecule has 0 saturated carbocycles. The van der Waals surface area contributed by atoms with Gasteiger partial charge in [0, 0.05) is 35.1 Å². The van der Waals surface area contributed by atoms with Crippen molar-refractivity contribution in [2.75, 3.05) is 11.5 Å². The molecule has 0 unspecified atom stereocenters. The van der Waals surface area contributed by atoms with Gasteiger partial charge in [-0.25, -0.2) is 0 Å². The molecule has 0 aliphatic heterocycles. The van der Waals surface area contributed by atoms with Crippen LogP contribution in [0.25, 0.3) is 0 Å². The van der Waals surface area contributed by atoms with Crippen LogP contribution in [0.4, 0.5) is 5.69 Å². The van der Waals surface area contributed by atoms with E-state index >= 15 is 0 Å². The second-order valence-electron chi connectivity index (χ2n) is 4.16. The lowest BCUT2D eigenvalue weighted by Gasteiger charge is -2.06. The van der Waals surface area contributed by atoms with Crippen molar-refractivity contribution in [3.8, 4) is 0 Å². The highest BCUT2D eigenvalue weighted by Gasteiger charge is 1.98. The van der Waals surface area contributed by atoms with Crippen LogP contribution in [-0.4, -0.2) is 10.3 Å². The van der Waals surface area contributed by atoms with E-state index in [0.717, 1.165) is 5.75 Å². The highest BCUT2D eigenvalue weighted by atomic mass is 32.2. The van der Waals surface area contributed by atoms with Gasteiger partial charge in [0.25, 0.3) is 5.56 Å².